The lowest BCUT2D eigenvalue weighted by Gasteiger charge is -2.31. The van der Waals surface area contributed by atoms with Crippen molar-refractivity contribution in [3.8, 4) is 17.2 Å². The smallest absolute Gasteiger partial charge is 0.332 e. The summed E-state index contributed by atoms with van der Waals surface area (Å²) in [6, 6.07) is 5.21. The molecule has 1 aromatic carbocycles. The Balaban J connectivity index is 1.22. The van der Waals surface area contributed by atoms with Crippen molar-refractivity contribution in [1.29, 1.82) is 0 Å². The van der Waals surface area contributed by atoms with E-state index < -0.39 is 11.2 Å². The highest BCUT2D eigenvalue weighted by Crippen LogP contribution is 2.35. The van der Waals surface area contributed by atoms with Gasteiger partial charge in [-0.1, -0.05) is 0 Å². The van der Waals surface area contributed by atoms with E-state index in [9.17, 15) is 14.4 Å². The molecular formula is C21H23N5O6. The maximum atomic E-state index is 12.6. The second-order valence-corrected chi connectivity index (χ2v) is 7.99. The Kier molecular flexibility index (Phi) is 4.87. The van der Waals surface area contributed by atoms with Crippen molar-refractivity contribution in [2.75, 3.05) is 26.5 Å². The van der Waals surface area contributed by atoms with Gasteiger partial charge in [0.15, 0.2) is 23.8 Å². The fraction of sp³-hybridized carbons (Fsp3) is 0.429. The number of carbonyl (C=O) groups is 1. The van der Waals surface area contributed by atoms with Crippen LogP contribution in [0.3, 0.4) is 0 Å². The van der Waals surface area contributed by atoms with Gasteiger partial charge in [-0.25, -0.2) is 9.78 Å². The Morgan fingerprint density at radius 3 is 2.69 bits per heavy atom. The number of carbonyl (C=O) groups excluding carboxylic acids is 1. The van der Waals surface area contributed by atoms with E-state index in [1.165, 1.54) is 11.6 Å². The molecule has 1 saturated heterocycles. The van der Waals surface area contributed by atoms with Crippen molar-refractivity contribution in [2.24, 2.45) is 14.1 Å². The van der Waals surface area contributed by atoms with Crippen LogP contribution < -0.4 is 25.5 Å². The van der Waals surface area contributed by atoms with Gasteiger partial charge >= 0.3 is 5.69 Å². The third-order valence-electron chi connectivity index (χ3n) is 6.05. The van der Waals surface area contributed by atoms with Crippen LogP contribution in [0.1, 0.15) is 24.6 Å². The van der Waals surface area contributed by atoms with Crippen LogP contribution >= 0.6 is 0 Å². The van der Waals surface area contributed by atoms with Crippen molar-refractivity contribution < 1.29 is 19.0 Å². The number of rotatable bonds is 4. The summed E-state index contributed by atoms with van der Waals surface area (Å²) in [5.41, 5.74) is -0.137. The normalized spacial score (nSPS) is 16.0. The van der Waals surface area contributed by atoms with Gasteiger partial charge in [-0.15, -0.1) is 0 Å². The number of ether oxygens (including phenoxy) is 3. The summed E-state index contributed by atoms with van der Waals surface area (Å²) >= 11 is 0. The van der Waals surface area contributed by atoms with Crippen molar-refractivity contribution in [2.45, 2.75) is 18.8 Å². The number of aromatic amines is 1. The number of hydrogen-bond acceptors (Lipinski definition) is 7. The van der Waals surface area contributed by atoms with Gasteiger partial charge in [-0.2, -0.15) is 0 Å². The molecule has 3 aromatic rings. The average Bonchev–Trinajstić information content (AvgIpc) is 3.47. The minimum atomic E-state index is -0.413. The Morgan fingerprint density at radius 2 is 1.91 bits per heavy atom. The Labute approximate surface area is 182 Å². The predicted octanol–water partition coefficient (Wildman–Crippen LogP) is 0.474. The molecule has 2 aliphatic rings. The lowest BCUT2D eigenvalue weighted by atomic mass is 9.96. The summed E-state index contributed by atoms with van der Waals surface area (Å²) < 4.78 is 18.6. The number of aryl methyl sites for hydroxylation is 1. The van der Waals surface area contributed by atoms with E-state index in [4.69, 9.17) is 14.2 Å². The average molecular weight is 441 g/mol. The molecule has 2 aliphatic heterocycles. The summed E-state index contributed by atoms with van der Waals surface area (Å²) in [5, 5.41) is 0. The topological polar surface area (TPSA) is 121 Å². The zero-order valence-corrected chi connectivity index (χ0v) is 17.8. The molecule has 4 heterocycles. The van der Waals surface area contributed by atoms with Gasteiger partial charge in [0.25, 0.3) is 11.5 Å². The fourth-order valence-corrected chi connectivity index (χ4v) is 4.14. The molecule has 1 N–H and O–H groups in total. The molecule has 0 bridgehead atoms. The molecule has 1 fully saturated rings. The van der Waals surface area contributed by atoms with Gasteiger partial charge in [0.1, 0.15) is 17.1 Å². The molecule has 0 spiro atoms. The number of aromatic nitrogens is 4. The van der Waals surface area contributed by atoms with Crippen molar-refractivity contribution in [1.82, 2.24) is 24.0 Å². The third-order valence-corrected chi connectivity index (χ3v) is 6.05. The highest BCUT2D eigenvalue weighted by molar-refractivity contribution is 5.78. The summed E-state index contributed by atoms with van der Waals surface area (Å²) in [5.74, 6) is 2.46. The molecule has 0 saturated carbocycles. The zero-order chi connectivity index (χ0) is 22.4. The number of fused-ring (bicyclic) bond motifs is 2. The number of amides is 1. The highest BCUT2D eigenvalue weighted by Gasteiger charge is 2.27. The zero-order valence-electron chi connectivity index (χ0n) is 17.8. The molecule has 0 atom stereocenters. The number of hydrogen-bond donors (Lipinski definition) is 1. The lowest BCUT2D eigenvalue weighted by molar-refractivity contribution is -0.134. The van der Waals surface area contributed by atoms with Gasteiger partial charge in [0, 0.05) is 39.2 Å². The first kappa shape index (κ1) is 20.2. The van der Waals surface area contributed by atoms with Crippen LogP contribution in [0.5, 0.6) is 17.2 Å². The van der Waals surface area contributed by atoms with Crippen molar-refractivity contribution in [3.05, 3.63) is 44.9 Å². The van der Waals surface area contributed by atoms with Crippen LogP contribution in [-0.4, -0.2) is 56.4 Å². The van der Waals surface area contributed by atoms with Gasteiger partial charge in [-0.3, -0.25) is 18.7 Å². The van der Waals surface area contributed by atoms with Crippen LogP contribution in [0.4, 0.5) is 0 Å². The first-order chi connectivity index (χ1) is 15.4. The minimum Gasteiger partial charge on any atom is -0.484 e. The number of likely N-dealkylation sites (tertiary alicyclic amines) is 1. The maximum Gasteiger partial charge on any atom is 0.332 e. The van der Waals surface area contributed by atoms with Gasteiger partial charge in [0.05, 0.1) is 0 Å². The number of nitrogens with one attached hydrogen (secondary N) is 1. The van der Waals surface area contributed by atoms with Crippen LogP contribution in [-0.2, 0) is 18.9 Å². The summed E-state index contributed by atoms with van der Waals surface area (Å²) in [6.07, 6.45) is 1.40. The molecule has 5 rings (SSSR count). The number of piperidine rings is 1. The molecule has 0 radical (unpaired) electrons. The van der Waals surface area contributed by atoms with E-state index in [0.717, 1.165) is 4.57 Å². The van der Waals surface area contributed by atoms with Gasteiger partial charge in [0.2, 0.25) is 6.79 Å². The minimum absolute atomic E-state index is 0.0624. The van der Waals surface area contributed by atoms with Crippen molar-refractivity contribution in [3.63, 3.8) is 0 Å². The summed E-state index contributed by atoms with van der Waals surface area (Å²) in [4.78, 5) is 46.5. The van der Waals surface area contributed by atoms with E-state index in [2.05, 4.69) is 9.97 Å². The van der Waals surface area contributed by atoms with E-state index in [0.29, 0.717) is 60.2 Å². The molecular weight excluding hydrogens is 418 g/mol. The van der Waals surface area contributed by atoms with E-state index >= 15 is 0 Å². The van der Waals surface area contributed by atoms with Crippen LogP contribution in [0.25, 0.3) is 11.2 Å². The second kappa shape index (κ2) is 7.74. The van der Waals surface area contributed by atoms with Crippen LogP contribution in [0.2, 0.25) is 0 Å². The SMILES string of the molecule is Cn1c(=O)c2[nH]c(C3CCN(C(=O)COc4ccc5c(c4)OCO5)CC3)nc2n(C)c1=O. The second-order valence-electron chi connectivity index (χ2n) is 7.99. The lowest BCUT2D eigenvalue weighted by Crippen LogP contribution is -2.40. The monoisotopic (exact) mass is 441 g/mol. The molecule has 11 nitrogen and oxygen atoms in total. The maximum absolute atomic E-state index is 12.6. The molecule has 1 amide bonds. The Hall–Kier alpha value is -3.76. The Morgan fingerprint density at radius 1 is 1.16 bits per heavy atom. The number of nitrogens with zero attached hydrogens (tertiary/aromatic N) is 4. The first-order valence-corrected chi connectivity index (χ1v) is 10.4. The fourth-order valence-electron chi connectivity index (χ4n) is 4.14. The van der Waals surface area contributed by atoms with Gasteiger partial charge in [-0.05, 0) is 25.0 Å². The number of H-pyrrole nitrogens is 1. The van der Waals surface area contributed by atoms with Crippen LogP contribution in [0.15, 0.2) is 27.8 Å². The Bertz CT molecular complexity index is 1310. The summed E-state index contributed by atoms with van der Waals surface area (Å²) in [7, 11) is 3.04. The van der Waals surface area contributed by atoms with E-state index in [-0.39, 0.29) is 25.2 Å². The molecule has 2 aromatic heterocycles. The standard InChI is InChI=1S/C21H23N5O6/c1-24-19-17(20(28)25(2)21(24)29)22-18(23-19)12-5-7-26(8-6-12)16(27)10-30-13-3-4-14-15(9-13)32-11-31-14/h3-4,9,12H,5-8,10-11H2,1-2H3,(H,22,23). The largest absolute Gasteiger partial charge is 0.484 e. The third kappa shape index (κ3) is 3.39. The van der Waals surface area contributed by atoms with E-state index in [1.54, 1.807) is 30.1 Å². The highest BCUT2D eigenvalue weighted by atomic mass is 16.7. The molecule has 0 aliphatic carbocycles. The van der Waals surface area contributed by atoms with Crippen molar-refractivity contribution >= 4 is 17.1 Å². The number of benzene rings is 1. The van der Waals surface area contributed by atoms with E-state index in [1.807, 2.05) is 0 Å². The molecule has 168 valence electrons. The first-order valence-electron chi connectivity index (χ1n) is 10.4. The van der Waals surface area contributed by atoms with Gasteiger partial charge < -0.3 is 24.1 Å². The quantitative estimate of drug-likeness (QED) is 0.625. The van der Waals surface area contributed by atoms with Crippen LogP contribution in [0, 0.1) is 0 Å². The summed E-state index contributed by atoms with van der Waals surface area (Å²) in [6.45, 7) is 1.24. The molecule has 0 unspecified atom stereocenters. The number of imidazole rings is 1. The molecule has 32 heavy (non-hydrogen) atoms. The predicted molar refractivity (Wildman–Crippen MR) is 113 cm³/mol. The molecule has 11 heteroatoms.